The van der Waals surface area contributed by atoms with E-state index in [1.807, 2.05) is 4.90 Å². The van der Waals surface area contributed by atoms with Gasteiger partial charge in [-0.3, -0.25) is 0 Å². The Balaban J connectivity index is 1.61. The normalized spacial score (nSPS) is 34.8. The average Bonchev–Trinajstić information content (AvgIpc) is 2.30. The van der Waals surface area contributed by atoms with Crippen molar-refractivity contribution in [3.05, 3.63) is 0 Å². The van der Waals surface area contributed by atoms with Gasteiger partial charge in [-0.15, -0.1) is 0 Å². The number of likely N-dealkylation sites (N-methyl/N-ethyl adjacent to an activating group) is 1. The Bertz CT molecular complexity index is 274. The summed E-state index contributed by atoms with van der Waals surface area (Å²) < 4.78 is 0. The highest BCUT2D eigenvalue weighted by atomic mass is 16.2. The molecule has 0 saturated carbocycles. The molecule has 3 fully saturated rings. The molecule has 16 heavy (non-hydrogen) atoms. The number of amides is 2. The van der Waals surface area contributed by atoms with E-state index in [0.29, 0.717) is 12.1 Å². The van der Waals surface area contributed by atoms with Gasteiger partial charge in [0, 0.05) is 51.4 Å². The molecular weight excluding hydrogens is 204 g/mol. The van der Waals surface area contributed by atoms with Crippen molar-refractivity contribution in [3.63, 3.8) is 0 Å². The van der Waals surface area contributed by atoms with Crippen LogP contribution in [-0.4, -0.2) is 79.1 Å². The van der Waals surface area contributed by atoms with Crippen LogP contribution in [0.4, 0.5) is 4.79 Å². The number of nitrogens with zero attached hydrogens (tertiary/aromatic N) is 3. The first-order valence-electron chi connectivity index (χ1n) is 6.22. The molecule has 2 unspecified atom stereocenters. The number of carbonyl (C=O) groups excluding carboxylic acids is 1. The van der Waals surface area contributed by atoms with E-state index in [4.69, 9.17) is 0 Å². The first-order chi connectivity index (χ1) is 7.75. The smallest absolute Gasteiger partial charge is 0.320 e. The Morgan fingerprint density at radius 1 is 1.12 bits per heavy atom. The van der Waals surface area contributed by atoms with Gasteiger partial charge >= 0.3 is 6.03 Å². The predicted octanol–water partition coefficient (Wildman–Crippen LogP) is -0.600. The van der Waals surface area contributed by atoms with Crippen LogP contribution in [0, 0.1) is 0 Å². The molecule has 3 aliphatic heterocycles. The van der Waals surface area contributed by atoms with Crippen molar-refractivity contribution in [1.82, 2.24) is 20.0 Å². The largest absolute Gasteiger partial charge is 0.322 e. The van der Waals surface area contributed by atoms with Gasteiger partial charge in [-0.25, -0.2) is 4.79 Å². The second-order valence-electron chi connectivity index (χ2n) is 5.18. The van der Waals surface area contributed by atoms with Gasteiger partial charge in [0.2, 0.25) is 0 Å². The Morgan fingerprint density at radius 2 is 1.75 bits per heavy atom. The van der Waals surface area contributed by atoms with E-state index < -0.39 is 0 Å². The number of rotatable bonds is 0. The fraction of sp³-hybridized carbons (Fsp3) is 0.909. The monoisotopic (exact) mass is 224 g/mol. The molecule has 2 amide bonds. The van der Waals surface area contributed by atoms with E-state index in [1.165, 1.54) is 6.42 Å². The van der Waals surface area contributed by atoms with Crippen LogP contribution < -0.4 is 5.32 Å². The Hall–Kier alpha value is -0.810. The quantitative estimate of drug-likeness (QED) is 0.597. The van der Waals surface area contributed by atoms with Crippen LogP contribution in [0.1, 0.15) is 6.42 Å². The Morgan fingerprint density at radius 3 is 2.31 bits per heavy atom. The van der Waals surface area contributed by atoms with Gasteiger partial charge < -0.3 is 20.0 Å². The van der Waals surface area contributed by atoms with Crippen molar-refractivity contribution < 1.29 is 4.79 Å². The second-order valence-corrected chi connectivity index (χ2v) is 5.18. The lowest BCUT2D eigenvalue weighted by Crippen LogP contribution is -2.71. The zero-order valence-electron chi connectivity index (χ0n) is 9.85. The number of hydrogen-bond donors (Lipinski definition) is 1. The summed E-state index contributed by atoms with van der Waals surface area (Å²) in [6, 6.07) is 1.20. The van der Waals surface area contributed by atoms with Crippen molar-refractivity contribution >= 4 is 6.03 Å². The minimum absolute atomic E-state index is 0.274. The first-order valence-corrected chi connectivity index (χ1v) is 6.22. The van der Waals surface area contributed by atoms with Crippen LogP contribution in [0.5, 0.6) is 0 Å². The standard InChI is InChI=1S/C11H20N4O/c1-13-2-4-14(5-3-13)11(16)15-9-6-10(15)8-12-7-9/h9-10,12H,2-8H2,1H3. The van der Waals surface area contributed by atoms with Crippen molar-refractivity contribution in [2.45, 2.75) is 18.5 Å². The van der Waals surface area contributed by atoms with Crippen LogP contribution in [0.15, 0.2) is 0 Å². The molecule has 0 aromatic rings. The molecule has 2 atom stereocenters. The van der Waals surface area contributed by atoms with Gasteiger partial charge in [0.15, 0.2) is 0 Å². The third kappa shape index (κ3) is 1.58. The van der Waals surface area contributed by atoms with Crippen molar-refractivity contribution in [2.75, 3.05) is 46.3 Å². The molecule has 0 aliphatic carbocycles. The highest BCUT2D eigenvalue weighted by Gasteiger charge is 2.45. The second kappa shape index (κ2) is 3.89. The summed E-state index contributed by atoms with van der Waals surface area (Å²) in [5, 5.41) is 3.36. The number of hydrogen-bond acceptors (Lipinski definition) is 3. The van der Waals surface area contributed by atoms with Gasteiger partial charge in [-0.1, -0.05) is 0 Å². The molecule has 0 radical (unpaired) electrons. The molecule has 5 nitrogen and oxygen atoms in total. The van der Waals surface area contributed by atoms with Gasteiger partial charge in [0.25, 0.3) is 0 Å². The minimum atomic E-state index is 0.274. The highest BCUT2D eigenvalue weighted by molar-refractivity contribution is 5.76. The lowest BCUT2D eigenvalue weighted by Gasteiger charge is -2.54. The summed E-state index contributed by atoms with van der Waals surface area (Å²) in [5.41, 5.74) is 0. The molecule has 5 heteroatoms. The van der Waals surface area contributed by atoms with Crippen LogP contribution in [0.3, 0.4) is 0 Å². The number of piperazine rings is 2. The lowest BCUT2D eigenvalue weighted by atomic mass is 9.89. The summed E-state index contributed by atoms with van der Waals surface area (Å²) in [6.45, 7) is 5.75. The number of carbonyl (C=O) groups is 1. The summed E-state index contributed by atoms with van der Waals surface area (Å²) in [6.07, 6.45) is 1.20. The SMILES string of the molecule is CN1CCN(C(=O)N2C3CNCC2C3)CC1. The molecular formula is C11H20N4O. The van der Waals surface area contributed by atoms with Crippen LogP contribution in [0.25, 0.3) is 0 Å². The molecule has 3 saturated heterocycles. The molecule has 0 spiro atoms. The predicted molar refractivity (Wildman–Crippen MR) is 61.4 cm³/mol. The Kier molecular flexibility index (Phi) is 2.52. The molecule has 3 aliphatic rings. The average molecular weight is 224 g/mol. The summed E-state index contributed by atoms with van der Waals surface area (Å²) in [5.74, 6) is 0. The van der Waals surface area contributed by atoms with Gasteiger partial charge in [-0.05, 0) is 13.5 Å². The zero-order chi connectivity index (χ0) is 11.1. The maximum Gasteiger partial charge on any atom is 0.320 e. The van der Waals surface area contributed by atoms with E-state index in [1.54, 1.807) is 0 Å². The fourth-order valence-corrected chi connectivity index (χ4v) is 2.95. The van der Waals surface area contributed by atoms with E-state index >= 15 is 0 Å². The molecule has 1 N–H and O–H groups in total. The molecule has 3 heterocycles. The minimum Gasteiger partial charge on any atom is -0.322 e. The van der Waals surface area contributed by atoms with Crippen LogP contribution >= 0.6 is 0 Å². The number of nitrogens with one attached hydrogen (secondary N) is 1. The van der Waals surface area contributed by atoms with E-state index in [0.717, 1.165) is 39.3 Å². The van der Waals surface area contributed by atoms with E-state index in [-0.39, 0.29) is 6.03 Å². The van der Waals surface area contributed by atoms with Crippen LogP contribution in [-0.2, 0) is 0 Å². The van der Waals surface area contributed by atoms with Crippen molar-refractivity contribution in [3.8, 4) is 0 Å². The maximum atomic E-state index is 12.3. The topological polar surface area (TPSA) is 38.8 Å². The maximum absolute atomic E-state index is 12.3. The van der Waals surface area contributed by atoms with E-state index in [9.17, 15) is 4.79 Å². The van der Waals surface area contributed by atoms with Crippen LogP contribution in [0.2, 0.25) is 0 Å². The molecule has 0 aromatic carbocycles. The third-order valence-corrected chi connectivity index (χ3v) is 4.09. The molecule has 3 rings (SSSR count). The van der Waals surface area contributed by atoms with Gasteiger partial charge in [0.1, 0.15) is 0 Å². The molecule has 90 valence electrons. The van der Waals surface area contributed by atoms with E-state index in [2.05, 4.69) is 22.2 Å². The molecule has 0 aromatic heterocycles. The van der Waals surface area contributed by atoms with Crippen molar-refractivity contribution in [1.29, 1.82) is 0 Å². The summed E-state index contributed by atoms with van der Waals surface area (Å²) >= 11 is 0. The number of urea groups is 1. The lowest BCUT2D eigenvalue weighted by molar-refractivity contribution is 0.00280. The zero-order valence-corrected chi connectivity index (χ0v) is 9.85. The van der Waals surface area contributed by atoms with Gasteiger partial charge in [0.05, 0.1) is 0 Å². The molecule has 2 bridgehead atoms. The number of piperidine rings is 1. The number of fused-ring (bicyclic) bond motifs is 2. The first kappa shape index (κ1) is 10.4. The Labute approximate surface area is 96.4 Å². The van der Waals surface area contributed by atoms with Crippen molar-refractivity contribution in [2.24, 2.45) is 0 Å². The van der Waals surface area contributed by atoms with Gasteiger partial charge in [-0.2, -0.15) is 0 Å². The summed E-state index contributed by atoms with van der Waals surface area (Å²) in [7, 11) is 2.12. The fourth-order valence-electron chi connectivity index (χ4n) is 2.95. The third-order valence-electron chi connectivity index (χ3n) is 4.09. The summed E-state index contributed by atoms with van der Waals surface area (Å²) in [4.78, 5) is 18.7. The highest BCUT2D eigenvalue weighted by Crippen LogP contribution is 2.29.